The molecule has 0 aromatic heterocycles. The number of halogens is 1. The molecule has 2 N–H and O–H groups in total. The monoisotopic (exact) mass is 426 g/mol. The third kappa shape index (κ3) is 3.36. The molecule has 0 saturated carbocycles. The minimum absolute atomic E-state index is 0.163. The van der Waals surface area contributed by atoms with Crippen LogP contribution in [0.2, 0.25) is 5.02 Å². The van der Waals surface area contributed by atoms with Crippen LogP contribution in [0.3, 0.4) is 0 Å². The van der Waals surface area contributed by atoms with Crippen molar-refractivity contribution in [2.45, 2.75) is 28.7 Å². The highest BCUT2D eigenvalue weighted by molar-refractivity contribution is 7.91. The molecule has 1 fully saturated rings. The molecule has 9 nitrogen and oxygen atoms in total. The predicted molar refractivity (Wildman–Crippen MR) is 99.7 cm³/mol. The van der Waals surface area contributed by atoms with Gasteiger partial charge in [-0.3, -0.25) is 10.1 Å². The van der Waals surface area contributed by atoms with Crippen LogP contribution in [-0.4, -0.2) is 42.1 Å². The lowest BCUT2D eigenvalue weighted by atomic mass is 10.2. The van der Waals surface area contributed by atoms with Crippen molar-refractivity contribution in [1.82, 2.24) is 0 Å². The highest BCUT2D eigenvalue weighted by atomic mass is 35.5. The highest BCUT2D eigenvalue weighted by Gasteiger charge is 2.32. The quantitative estimate of drug-likeness (QED) is 0.549. The van der Waals surface area contributed by atoms with Crippen LogP contribution >= 0.6 is 11.6 Å². The molecule has 0 bridgehead atoms. The van der Waals surface area contributed by atoms with E-state index in [0.29, 0.717) is 25.1 Å². The Labute approximate surface area is 164 Å². The lowest BCUT2D eigenvalue weighted by molar-refractivity contribution is -0.385. The number of sulfone groups is 1. The van der Waals surface area contributed by atoms with E-state index in [1.54, 1.807) is 4.90 Å². The van der Waals surface area contributed by atoms with Crippen molar-refractivity contribution in [3.05, 3.63) is 51.5 Å². The highest BCUT2D eigenvalue weighted by Crippen LogP contribution is 2.40. The lowest BCUT2D eigenvalue weighted by Crippen LogP contribution is -2.35. The molecule has 0 spiro atoms. The van der Waals surface area contributed by atoms with Crippen molar-refractivity contribution >= 4 is 38.8 Å². The summed E-state index contributed by atoms with van der Waals surface area (Å²) in [5.41, 5.74) is -0.327. The Bertz CT molecular complexity index is 1050. The second-order valence-corrected chi connectivity index (χ2v) is 8.49. The number of anilines is 1. The number of hydrogen-bond acceptors (Lipinski definition) is 7. The van der Waals surface area contributed by atoms with E-state index in [-0.39, 0.29) is 4.90 Å². The fraction of sp³-hybridized carbons (Fsp3) is 0.235. The molecule has 1 aliphatic rings. The summed E-state index contributed by atoms with van der Waals surface area (Å²) in [5.74, 6) is -1.68. The molecular weight excluding hydrogens is 412 g/mol. The zero-order valence-electron chi connectivity index (χ0n) is 14.3. The van der Waals surface area contributed by atoms with Gasteiger partial charge in [0.1, 0.15) is 11.1 Å². The number of benzene rings is 2. The minimum Gasteiger partial charge on any atom is -0.502 e. The lowest BCUT2D eigenvalue weighted by Gasteiger charge is -2.23. The maximum atomic E-state index is 12.8. The molecule has 0 radical (unpaired) electrons. The van der Waals surface area contributed by atoms with Crippen LogP contribution < -0.4 is 4.90 Å². The number of carbonyl (C=O) groups is 1. The van der Waals surface area contributed by atoms with E-state index in [4.69, 9.17) is 11.6 Å². The third-order valence-corrected chi connectivity index (χ3v) is 6.85. The molecule has 11 heteroatoms. The van der Waals surface area contributed by atoms with Gasteiger partial charge in [-0.1, -0.05) is 11.6 Å². The molecule has 3 rings (SSSR count). The van der Waals surface area contributed by atoms with Crippen LogP contribution in [-0.2, 0) is 14.6 Å². The number of phenolic OH excluding ortho intramolecular Hbond substituents is 1. The molecule has 1 aliphatic heterocycles. The smallest absolute Gasteiger partial charge is 0.330 e. The van der Waals surface area contributed by atoms with Gasteiger partial charge < -0.3 is 15.1 Å². The van der Waals surface area contributed by atoms with Crippen LogP contribution in [0.15, 0.2) is 46.2 Å². The Kier molecular flexibility index (Phi) is 5.18. The maximum Gasteiger partial charge on any atom is 0.330 e. The van der Waals surface area contributed by atoms with Gasteiger partial charge in [-0.2, -0.15) is 0 Å². The first-order chi connectivity index (χ1) is 13.1. The van der Waals surface area contributed by atoms with Crippen molar-refractivity contribution in [2.24, 2.45) is 0 Å². The van der Waals surface area contributed by atoms with Gasteiger partial charge in [0.25, 0.3) is 0 Å². The first-order valence-electron chi connectivity index (χ1n) is 8.15. The number of nitrogens with zero attached hydrogens (tertiary/aromatic N) is 2. The van der Waals surface area contributed by atoms with Crippen molar-refractivity contribution in [3.8, 4) is 5.75 Å². The molecule has 28 heavy (non-hydrogen) atoms. The van der Waals surface area contributed by atoms with Gasteiger partial charge in [0.15, 0.2) is 5.75 Å². The number of rotatable bonds is 5. The van der Waals surface area contributed by atoms with Crippen LogP contribution in [0, 0.1) is 10.1 Å². The Hall–Kier alpha value is -2.85. The normalized spacial score (nSPS) is 16.9. The van der Waals surface area contributed by atoms with Gasteiger partial charge in [-0.25, -0.2) is 13.2 Å². The van der Waals surface area contributed by atoms with E-state index in [0.717, 1.165) is 12.1 Å². The number of hydrogen-bond donors (Lipinski definition) is 2. The number of aromatic hydroxyl groups is 1. The van der Waals surface area contributed by atoms with Crippen LogP contribution in [0.5, 0.6) is 5.75 Å². The Morgan fingerprint density at radius 1 is 1.21 bits per heavy atom. The molecular formula is C17H15ClN2O7S. The van der Waals surface area contributed by atoms with Crippen molar-refractivity contribution in [3.63, 3.8) is 0 Å². The summed E-state index contributed by atoms with van der Waals surface area (Å²) in [6.07, 6.45) is 1.21. The Morgan fingerprint density at radius 3 is 2.43 bits per heavy atom. The maximum absolute atomic E-state index is 12.8. The number of phenols is 1. The van der Waals surface area contributed by atoms with E-state index in [2.05, 4.69) is 0 Å². The SMILES string of the molecule is O=C(O)[C@@H]1CCCN1c1ccc(S(=O)(=O)c2ccc(O)c([N+](=O)[O-])c2Cl)cc1. The van der Waals surface area contributed by atoms with E-state index < -0.39 is 48.1 Å². The molecule has 2 aromatic carbocycles. The first kappa shape index (κ1) is 19.9. The topological polar surface area (TPSA) is 138 Å². The minimum atomic E-state index is -4.19. The number of aliphatic carboxylic acids is 1. The van der Waals surface area contributed by atoms with E-state index in [1.165, 1.54) is 24.3 Å². The average Bonchev–Trinajstić information content (AvgIpc) is 3.11. The van der Waals surface area contributed by atoms with E-state index >= 15 is 0 Å². The first-order valence-corrected chi connectivity index (χ1v) is 10.0. The standard InChI is InChI=1S/C17H15ClN2O7S/c18-15-14(8-7-13(21)16(15)20(24)25)28(26,27)11-5-3-10(4-6-11)19-9-1-2-12(19)17(22)23/h3-8,12,21H,1-2,9H2,(H,22,23)/t12-/m0/s1. The summed E-state index contributed by atoms with van der Waals surface area (Å²) in [5, 5.41) is 29.2. The predicted octanol–water partition coefficient (Wildman–Crippen LogP) is 2.84. The van der Waals surface area contributed by atoms with Gasteiger partial charge in [-0.15, -0.1) is 0 Å². The summed E-state index contributed by atoms with van der Waals surface area (Å²) in [6.45, 7) is 0.541. The van der Waals surface area contributed by atoms with Crippen molar-refractivity contribution in [2.75, 3.05) is 11.4 Å². The summed E-state index contributed by atoms with van der Waals surface area (Å²) in [7, 11) is -4.19. The van der Waals surface area contributed by atoms with Gasteiger partial charge in [-0.05, 0) is 49.2 Å². The Morgan fingerprint density at radius 2 is 1.86 bits per heavy atom. The molecule has 0 unspecified atom stereocenters. The van der Waals surface area contributed by atoms with Crippen LogP contribution in [0.4, 0.5) is 11.4 Å². The largest absolute Gasteiger partial charge is 0.502 e. The molecule has 1 atom stereocenters. The summed E-state index contributed by atoms with van der Waals surface area (Å²) >= 11 is 5.88. The fourth-order valence-corrected chi connectivity index (χ4v) is 5.05. The van der Waals surface area contributed by atoms with Crippen LogP contribution in [0.25, 0.3) is 0 Å². The zero-order valence-corrected chi connectivity index (χ0v) is 15.9. The molecule has 0 aliphatic carbocycles. The van der Waals surface area contributed by atoms with Gasteiger partial charge in [0.05, 0.1) is 14.7 Å². The van der Waals surface area contributed by atoms with Crippen molar-refractivity contribution < 1.29 is 28.3 Å². The molecule has 148 valence electrons. The van der Waals surface area contributed by atoms with Crippen LogP contribution in [0.1, 0.15) is 12.8 Å². The molecule has 2 aromatic rings. The number of nitro benzene ring substituents is 1. The second kappa shape index (κ2) is 7.28. The van der Waals surface area contributed by atoms with Crippen molar-refractivity contribution in [1.29, 1.82) is 0 Å². The molecule has 0 amide bonds. The Balaban J connectivity index is 1.99. The molecule has 1 saturated heterocycles. The van der Waals surface area contributed by atoms with Gasteiger partial charge in [0.2, 0.25) is 9.84 Å². The van der Waals surface area contributed by atoms with Gasteiger partial charge in [0, 0.05) is 12.2 Å². The van der Waals surface area contributed by atoms with E-state index in [1.807, 2.05) is 0 Å². The third-order valence-electron chi connectivity index (χ3n) is 4.55. The van der Waals surface area contributed by atoms with Gasteiger partial charge >= 0.3 is 11.7 Å². The number of carboxylic acid groups (broad SMARTS) is 1. The van der Waals surface area contributed by atoms with E-state index in [9.17, 15) is 33.5 Å². The fourth-order valence-electron chi connectivity index (χ4n) is 3.19. The summed E-state index contributed by atoms with van der Waals surface area (Å²) < 4.78 is 25.7. The second-order valence-electron chi connectivity index (χ2n) is 6.19. The average molecular weight is 427 g/mol. The summed E-state index contributed by atoms with van der Waals surface area (Å²) in [6, 6.07) is 6.76. The number of nitro groups is 1. The molecule has 1 heterocycles. The zero-order chi connectivity index (χ0) is 20.6. The number of carboxylic acids is 1. The summed E-state index contributed by atoms with van der Waals surface area (Å²) in [4.78, 5) is 22.4.